The van der Waals surface area contributed by atoms with E-state index in [-0.39, 0.29) is 5.57 Å². The third kappa shape index (κ3) is 4.61. The zero-order valence-corrected chi connectivity index (χ0v) is 20.5. The second-order valence-corrected chi connectivity index (χ2v) is 8.91. The molecule has 0 fully saturated rings. The number of nitrogens with one attached hydrogen (secondary N) is 2. The van der Waals surface area contributed by atoms with Gasteiger partial charge in [-0.3, -0.25) is 4.79 Å². The summed E-state index contributed by atoms with van der Waals surface area (Å²) < 4.78 is 2.13. The Bertz CT molecular complexity index is 1740. The van der Waals surface area contributed by atoms with E-state index in [4.69, 9.17) is 0 Å². The highest BCUT2D eigenvalue weighted by Gasteiger charge is 2.17. The van der Waals surface area contributed by atoms with Gasteiger partial charge in [-0.15, -0.1) is 0 Å². The lowest BCUT2D eigenvalue weighted by atomic mass is 10.1. The first kappa shape index (κ1) is 23.7. The summed E-state index contributed by atoms with van der Waals surface area (Å²) in [4.78, 5) is 16.2. The standard InChI is InChI=1S/C31H25N5O/c1-21-28(27-11-5-7-13-30(27)36(21)20-24-9-3-2-8-22(24)17-32)16-25(18-33)31(37)34-15-14-23-19-35-29-12-6-4-10-26(23)29/h2-13,16,19,35H,14-15,20H2,1H3,(H,34,37). The highest BCUT2D eigenvalue weighted by molar-refractivity contribution is 6.04. The quantitative estimate of drug-likeness (QED) is 0.232. The van der Waals surface area contributed by atoms with Crippen LogP contribution in [0.5, 0.6) is 0 Å². The number of aromatic amines is 1. The van der Waals surface area contributed by atoms with Gasteiger partial charge < -0.3 is 14.9 Å². The molecular formula is C31H25N5O. The van der Waals surface area contributed by atoms with E-state index in [1.807, 2.05) is 79.9 Å². The SMILES string of the molecule is Cc1c(C=C(C#N)C(=O)NCCc2c[nH]c3ccccc23)c2ccccc2n1Cc1ccccc1C#N. The summed E-state index contributed by atoms with van der Waals surface area (Å²) in [5.41, 5.74) is 6.52. The van der Waals surface area contributed by atoms with Gasteiger partial charge in [-0.2, -0.15) is 10.5 Å². The van der Waals surface area contributed by atoms with E-state index in [0.717, 1.165) is 44.2 Å². The van der Waals surface area contributed by atoms with Crippen molar-refractivity contribution in [2.24, 2.45) is 0 Å². The Labute approximate surface area is 215 Å². The molecular weight excluding hydrogens is 458 g/mol. The second kappa shape index (κ2) is 10.3. The van der Waals surface area contributed by atoms with Gasteiger partial charge in [0.1, 0.15) is 11.6 Å². The minimum absolute atomic E-state index is 0.0577. The second-order valence-electron chi connectivity index (χ2n) is 8.91. The largest absolute Gasteiger partial charge is 0.361 e. The molecule has 0 bridgehead atoms. The van der Waals surface area contributed by atoms with E-state index in [1.54, 1.807) is 6.08 Å². The number of hydrogen-bond acceptors (Lipinski definition) is 3. The van der Waals surface area contributed by atoms with Gasteiger partial charge in [0.25, 0.3) is 5.91 Å². The average molecular weight is 484 g/mol. The van der Waals surface area contributed by atoms with Crippen LogP contribution in [0.3, 0.4) is 0 Å². The molecule has 2 N–H and O–H groups in total. The molecule has 0 saturated carbocycles. The number of benzene rings is 3. The van der Waals surface area contributed by atoms with Crippen LogP contribution in [-0.2, 0) is 17.8 Å². The van der Waals surface area contributed by atoms with E-state index >= 15 is 0 Å². The molecule has 0 aliphatic carbocycles. The molecule has 6 nitrogen and oxygen atoms in total. The average Bonchev–Trinajstić information content (AvgIpc) is 3.46. The summed E-state index contributed by atoms with van der Waals surface area (Å²) in [5, 5.41) is 24.3. The summed E-state index contributed by atoms with van der Waals surface area (Å²) in [6.07, 6.45) is 4.29. The van der Waals surface area contributed by atoms with Crippen molar-refractivity contribution in [3.05, 3.63) is 113 Å². The number of nitriles is 2. The molecule has 5 rings (SSSR count). The van der Waals surface area contributed by atoms with Crippen molar-refractivity contribution < 1.29 is 4.79 Å². The lowest BCUT2D eigenvalue weighted by molar-refractivity contribution is -0.117. The molecule has 0 saturated heterocycles. The van der Waals surface area contributed by atoms with Crippen molar-refractivity contribution in [2.45, 2.75) is 19.9 Å². The number of fused-ring (bicyclic) bond motifs is 2. The number of carbonyl (C=O) groups is 1. The van der Waals surface area contributed by atoms with E-state index in [2.05, 4.69) is 33.1 Å². The van der Waals surface area contributed by atoms with Gasteiger partial charge in [0.15, 0.2) is 0 Å². The highest BCUT2D eigenvalue weighted by Crippen LogP contribution is 2.29. The molecule has 180 valence electrons. The van der Waals surface area contributed by atoms with Gasteiger partial charge in [0, 0.05) is 52.3 Å². The predicted octanol–water partition coefficient (Wildman–Crippen LogP) is 5.62. The molecule has 37 heavy (non-hydrogen) atoms. The number of aromatic nitrogens is 2. The van der Waals surface area contributed by atoms with Gasteiger partial charge in [0.2, 0.25) is 0 Å². The molecule has 0 aliphatic heterocycles. The maximum Gasteiger partial charge on any atom is 0.261 e. The van der Waals surface area contributed by atoms with Crippen molar-refractivity contribution in [3.8, 4) is 12.1 Å². The van der Waals surface area contributed by atoms with Gasteiger partial charge in [-0.05, 0) is 48.7 Å². The Kier molecular flexibility index (Phi) is 6.57. The number of hydrogen-bond donors (Lipinski definition) is 2. The van der Waals surface area contributed by atoms with Crippen LogP contribution in [0, 0.1) is 29.6 Å². The molecule has 0 radical (unpaired) electrons. The zero-order valence-electron chi connectivity index (χ0n) is 20.5. The molecule has 2 aromatic heterocycles. The highest BCUT2D eigenvalue weighted by atomic mass is 16.1. The smallest absolute Gasteiger partial charge is 0.261 e. The molecule has 5 aromatic rings. The van der Waals surface area contributed by atoms with Crippen LogP contribution in [0.4, 0.5) is 0 Å². The number of para-hydroxylation sites is 2. The van der Waals surface area contributed by atoms with E-state index < -0.39 is 5.91 Å². The molecule has 3 aromatic carbocycles. The van der Waals surface area contributed by atoms with Crippen molar-refractivity contribution in [1.82, 2.24) is 14.9 Å². The van der Waals surface area contributed by atoms with Crippen molar-refractivity contribution in [3.63, 3.8) is 0 Å². The van der Waals surface area contributed by atoms with Gasteiger partial charge in [-0.25, -0.2) is 0 Å². The lowest BCUT2D eigenvalue weighted by Gasteiger charge is -2.10. The number of nitrogens with zero attached hydrogens (tertiary/aromatic N) is 3. The summed E-state index contributed by atoms with van der Waals surface area (Å²) in [7, 11) is 0. The van der Waals surface area contributed by atoms with E-state index in [0.29, 0.717) is 25.1 Å². The number of H-pyrrole nitrogens is 1. The van der Waals surface area contributed by atoms with E-state index in [1.165, 1.54) is 0 Å². The van der Waals surface area contributed by atoms with Crippen molar-refractivity contribution >= 4 is 33.8 Å². The van der Waals surface area contributed by atoms with Crippen molar-refractivity contribution in [1.29, 1.82) is 10.5 Å². The minimum atomic E-state index is -0.395. The van der Waals surface area contributed by atoms with Gasteiger partial charge in [-0.1, -0.05) is 54.6 Å². The first-order valence-corrected chi connectivity index (χ1v) is 12.1. The van der Waals surface area contributed by atoms with Crippen molar-refractivity contribution in [2.75, 3.05) is 6.54 Å². The molecule has 0 spiro atoms. The zero-order chi connectivity index (χ0) is 25.8. The van der Waals surface area contributed by atoms with E-state index in [9.17, 15) is 15.3 Å². The third-order valence-electron chi connectivity index (χ3n) is 6.75. The maximum atomic E-state index is 12.9. The Balaban J connectivity index is 1.41. The first-order valence-electron chi connectivity index (χ1n) is 12.1. The molecule has 6 heteroatoms. The van der Waals surface area contributed by atoms with Crippen LogP contribution in [0.1, 0.15) is 27.9 Å². The molecule has 0 atom stereocenters. The normalized spacial score (nSPS) is 11.4. The molecule has 1 amide bonds. The summed E-state index contributed by atoms with van der Waals surface area (Å²) in [6.45, 7) is 2.92. The minimum Gasteiger partial charge on any atom is -0.361 e. The van der Waals surface area contributed by atoms with Crippen LogP contribution in [0.15, 0.2) is 84.6 Å². The number of rotatable bonds is 7. The number of carbonyl (C=O) groups excluding carboxylic acids is 1. The fourth-order valence-corrected chi connectivity index (χ4v) is 4.82. The molecule has 0 unspecified atom stereocenters. The monoisotopic (exact) mass is 483 g/mol. The van der Waals surface area contributed by atoms with Crippen LogP contribution < -0.4 is 5.32 Å². The summed E-state index contributed by atoms with van der Waals surface area (Å²) in [5.74, 6) is -0.395. The topological polar surface area (TPSA) is 97.4 Å². The summed E-state index contributed by atoms with van der Waals surface area (Å²) >= 11 is 0. The van der Waals surface area contributed by atoms with Gasteiger partial charge >= 0.3 is 0 Å². The fraction of sp³-hybridized carbons (Fsp3) is 0.129. The Hall–Kier alpha value is -5.07. The first-order chi connectivity index (χ1) is 18.1. The van der Waals surface area contributed by atoms with Gasteiger partial charge in [0.05, 0.1) is 11.6 Å². The predicted molar refractivity (Wildman–Crippen MR) is 146 cm³/mol. The lowest BCUT2D eigenvalue weighted by Crippen LogP contribution is -2.26. The van der Waals surface area contributed by atoms with Crippen LogP contribution in [0.2, 0.25) is 0 Å². The van der Waals surface area contributed by atoms with Crippen LogP contribution >= 0.6 is 0 Å². The Morgan fingerprint density at radius 3 is 2.51 bits per heavy atom. The van der Waals surface area contributed by atoms with Crippen LogP contribution in [0.25, 0.3) is 27.9 Å². The Morgan fingerprint density at radius 1 is 0.973 bits per heavy atom. The number of amides is 1. The fourth-order valence-electron chi connectivity index (χ4n) is 4.82. The third-order valence-corrected chi connectivity index (χ3v) is 6.75. The maximum absolute atomic E-state index is 12.9. The Morgan fingerprint density at radius 2 is 1.70 bits per heavy atom. The molecule has 0 aliphatic rings. The summed E-state index contributed by atoms with van der Waals surface area (Å²) in [6, 6.07) is 27.8. The molecule has 2 heterocycles. The van der Waals surface area contributed by atoms with Crippen LogP contribution in [-0.4, -0.2) is 22.0 Å².